The van der Waals surface area contributed by atoms with Gasteiger partial charge in [-0.15, -0.1) is 0 Å². The van der Waals surface area contributed by atoms with Gasteiger partial charge >= 0.3 is 0 Å². The Balaban J connectivity index is 1.65. The van der Waals surface area contributed by atoms with Gasteiger partial charge in [0.05, 0.1) is 12.6 Å². The molecule has 0 radical (unpaired) electrons. The van der Waals surface area contributed by atoms with Gasteiger partial charge in [-0.1, -0.05) is 67.2 Å². The number of benzene rings is 2. The lowest BCUT2D eigenvalue weighted by molar-refractivity contribution is -0.208. The van der Waals surface area contributed by atoms with E-state index in [1.54, 1.807) is 0 Å². The van der Waals surface area contributed by atoms with Crippen LogP contribution in [0, 0.1) is 0 Å². The second kappa shape index (κ2) is 5.29. The third-order valence-electron chi connectivity index (χ3n) is 3.42. The van der Waals surface area contributed by atoms with E-state index in [0.717, 1.165) is 12.1 Å². The largest absolute Gasteiger partial charge is 0.268 e. The minimum Gasteiger partial charge on any atom is -0.268 e. The Hall–Kier alpha value is -2.06. The number of hydrogen-bond donors (Lipinski definition) is 0. The average Bonchev–Trinajstić information content (AvgIpc) is 2.47. The Kier molecular flexibility index (Phi) is 3.34. The summed E-state index contributed by atoms with van der Waals surface area (Å²) in [5.41, 5.74) is 3.50. The van der Waals surface area contributed by atoms with Crippen LogP contribution in [0.3, 0.4) is 0 Å². The average molecular weight is 251 g/mol. The number of rotatable bonds is 4. The van der Waals surface area contributed by atoms with Crippen molar-refractivity contribution < 1.29 is 4.84 Å². The Morgan fingerprint density at radius 2 is 1.63 bits per heavy atom. The summed E-state index contributed by atoms with van der Waals surface area (Å²) in [6.45, 7) is 4.62. The van der Waals surface area contributed by atoms with Crippen LogP contribution in [-0.2, 0) is 11.4 Å². The van der Waals surface area contributed by atoms with Crippen LogP contribution in [0.4, 0.5) is 0 Å². The Labute approximate surface area is 113 Å². The molecule has 1 heterocycles. The number of hydroxylamine groups is 2. The SMILES string of the molecule is C=C1CC(c2ccccc2)N1OCc1ccccc1. The molecule has 2 nitrogen and oxygen atoms in total. The van der Waals surface area contributed by atoms with Gasteiger partial charge in [0.2, 0.25) is 0 Å². The van der Waals surface area contributed by atoms with E-state index in [1.165, 1.54) is 11.1 Å². The molecule has 2 heteroatoms. The van der Waals surface area contributed by atoms with Gasteiger partial charge in [0, 0.05) is 12.1 Å². The van der Waals surface area contributed by atoms with Crippen molar-refractivity contribution in [3.05, 3.63) is 84.1 Å². The van der Waals surface area contributed by atoms with E-state index in [-0.39, 0.29) is 0 Å². The van der Waals surface area contributed by atoms with Crippen LogP contribution < -0.4 is 0 Å². The summed E-state index contributed by atoms with van der Waals surface area (Å²) in [7, 11) is 0. The van der Waals surface area contributed by atoms with E-state index in [2.05, 4.69) is 43.0 Å². The third kappa shape index (κ3) is 2.54. The van der Waals surface area contributed by atoms with Crippen molar-refractivity contribution in [1.82, 2.24) is 5.06 Å². The molecule has 0 aromatic heterocycles. The molecule has 3 rings (SSSR count). The van der Waals surface area contributed by atoms with E-state index in [4.69, 9.17) is 4.84 Å². The van der Waals surface area contributed by atoms with E-state index < -0.39 is 0 Å². The van der Waals surface area contributed by atoms with Gasteiger partial charge in [0.15, 0.2) is 0 Å². The van der Waals surface area contributed by atoms with E-state index in [9.17, 15) is 0 Å². The van der Waals surface area contributed by atoms with Crippen molar-refractivity contribution in [1.29, 1.82) is 0 Å². The Bertz CT molecular complexity index is 550. The van der Waals surface area contributed by atoms with Gasteiger partial charge in [-0.25, -0.2) is 0 Å². The molecular weight excluding hydrogens is 234 g/mol. The molecule has 0 aliphatic carbocycles. The molecule has 0 bridgehead atoms. The van der Waals surface area contributed by atoms with E-state index >= 15 is 0 Å². The van der Waals surface area contributed by atoms with E-state index in [1.807, 2.05) is 29.3 Å². The third-order valence-corrected chi connectivity index (χ3v) is 3.42. The lowest BCUT2D eigenvalue weighted by atomic mass is 9.95. The molecule has 0 spiro atoms. The van der Waals surface area contributed by atoms with E-state index in [0.29, 0.717) is 12.6 Å². The first-order valence-corrected chi connectivity index (χ1v) is 6.53. The maximum absolute atomic E-state index is 5.88. The first kappa shape index (κ1) is 12.0. The molecule has 96 valence electrons. The van der Waals surface area contributed by atoms with Crippen LogP contribution >= 0.6 is 0 Å². The van der Waals surface area contributed by atoms with Gasteiger partial charge in [0.1, 0.15) is 0 Å². The van der Waals surface area contributed by atoms with Gasteiger partial charge in [-0.3, -0.25) is 9.90 Å². The molecular formula is C17H17NO. The molecule has 2 aromatic rings. The minimum atomic E-state index is 0.303. The molecule has 2 aromatic carbocycles. The summed E-state index contributed by atoms with van der Waals surface area (Å²) in [6, 6.07) is 20.9. The topological polar surface area (TPSA) is 12.5 Å². The Morgan fingerprint density at radius 1 is 1.00 bits per heavy atom. The molecule has 0 amide bonds. The fraction of sp³-hybridized carbons (Fsp3) is 0.176. The monoisotopic (exact) mass is 251 g/mol. The lowest BCUT2D eigenvalue weighted by Crippen LogP contribution is -2.38. The molecule has 1 atom stereocenters. The molecule has 1 aliphatic rings. The highest BCUT2D eigenvalue weighted by Gasteiger charge is 2.33. The predicted octanol–water partition coefficient (Wildman–Crippen LogP) is 4.08. The van der Waals surface area contributed by atoms with Crippen molar-refractivity contribution >= 4 is 0 Å². The standard InChI is InChI=1S/C17H17NO/c1-14-12-17(16-10-6-3-7-11-16)18(14)19-13-15-8-4-2-5-9-15/h2-11,17H,1,12-13H2. The van der Waals surface area contributed by atoms with Gasteiger partial charge in [0.25, 0.3) is 0 Å². The van der Waals surface area contributed by atoms with Crippen LogP contribution in [0.1, 0.15) is 23.6 Å². The molecule has 1 fully saturated rings. The smallest absolute Gasteiger partial charge is 0.0999 e. The quantitative estimate of drug-likeness (QED) is 0.812. The normalized spacial score (nSPS) is 18.2. The highest BCUT2D eigenvalue weighted by atomic mass is 16.7. The van der Waals surface area contributed by atoms with Gasteiger partial charge in [-0.05, 0) is 11.1 Å². The fourth-order valence-electron chi connectivity index (χ4n) is 2.33. The summed E-state index contributed by atoms with van der Waals surface area (Å²) in [4.78, 5) is 5.88. The van der Waals surface area contributed by atoms with Crippen molar-refractivity contribution in [3.63, 3.8) is 0 Å². The summed E-state index contributed by atoms with van der Waals surface area (Å²) in [5, 5.41) is 1.93. The zero-order chi connectivity index (χ0) is 13.1. The number of hydrogen-bond acceptors (Lipinski definition) is 2. The molecule has 1 unspecified atom stereocenters. The maximum atomic E-state index is 5.88. The van der Waals surface area contributed by atoms with Crippen molar-refractivity contribution in [2.45, 2.75) is 19.1 Å². The summed E-state index contributed by atoms with van der Waals surface area (Å²) < 4.78 is 0. The van der Waals surface area contributed by atoms with Crippen LogP contribution in [0.15, 0.2) is 72.9 Å². The molecule has 1 saturated heterocycles. The minimum absolute atomic E-state index is 0.303. The highest BCUT2D eigenvalue weighted by Crippen LogP contribution is 2.40. The summed E-state index contributed by atoms with van der Waals surface area (Å²) in [5.74, 6) is 0. The molecule has 0 N–H and O–H groups in total. The van der Waals surface area contributed by atoms with Crippen molar-refractivity contribution in [2.75, 3.05) is 0 Å². The van der Waals surface area contributed by atoms with Crippen LogP contribution in [-0.4, -0.2) is 5.06 Å². The second-order valence-electron chi connectivity index (χ2n) is 4.78. The molecule has 19 heavy (non-hydrogen) atoms. The number of nitrogens with zero attached hydrogens (tertiary/aromatic N) is 1. The van der Waals surface area contributed by atoms with Crippen molar-refractivity contribution in [2.24, 2.45) is 0 Å². The predicted molar refractivity (Wildman–Crippen MR) is 76.0 cm³/mol. The first-order valence-electron chi connectivity index (χ1n) is 6.53. The Morgan fingerprint density at radius 3 is 2.26 bits per heavy atom. The van der Waals surface area contributed by atoms with Crippen LogP contribution in [0.5, 0.6) is 0 Å². The van der Waals surface area contributed by atoms with Gasteiger partial charge in [-0.2, -0.15) is 0 Å². The fourth-order valence-corrected chi connectivity index (χ4v) is 2.33. The van der Waals surface area contributed by atoms with Crippen molar-refractivity contribution in [3.8, 4) is 0 Å². The maximum Gasteiger partial charge on any atom is 0.0999 e. The van der Waals surface area contributed by atoms with Crippen LogP contribution in [0.2, 0.25) is 0 Å². The van der Waals surface area contributed by atoms with Crippen LogP contribution in [0.25, 0.3) is 0 Å². The zero-order valence-corrected chi connectivity index (χ0v) is 10.8. The first-order chi connectivity index (χ1) is 9.34. The lowest BCUT2D eigenvalue weighted by Gasteiger charge is -2.43. The summed E-state index contributed by atoms with van der Waals surface area (Å²) >= 11 is 0. The zero-order valence-electron chi connectivity index (χ0n) is 10.8. The summed E-state index contributed by atoms with van der Waals surface area (Å²) in [6.07, 6.45) is 0.971. The highest BCUT2D eigenvalue weighted by molar-refractivity contribution is 5.25. The molecule has 0 saturated carbocycles. The molecule has 1 aliphatic heterocycles. The second-order valence-corrected chi connectivity index (χ2v) is 4.78. The van der Waals surface area contributed by atoms with Gasteiger partial charge < -0.3 is 0 Å².